The molecule has 0 aliphatic heterocycles. The van der Waals surface area contributed by atoms with E-state index in [1.807, 2.05) is 47.2 Å². The van der Waals surface area contributed by atoms with Gasteiger partial charge < -0.3 is 9.30 Å². The van der Waals surface area contributed by atoms with Gasteiger partial charge in [0.25, 0.3) is 6.33 Å². The summed E-state index contributed by atoms with van der Waals surface area (Å²) in [7, 11) is -2.96. The average molecular weight is 1250 g/mol. The van der Waals surface area contributed by atoms with E-state index in [2.05, 4.69) is 233 Å². The standard InChI is InChI=1S/C73H59N5OSi.Pt/c1-72(2,3)54-41-43-75-70(47-54)78-65-36-20-19-33-62(65)63-39-38-55(48-67(63)78)79-56-42-44-74-69(49-56)76-50-77(66-40-37-52(46-68(66)76)51-23-11-7-12-24-51)71-61(34-22-35-64(71)73(4,5)6)53-25-21-32-60(45-53)80(57-26-13-8-14-27-57,58-28-15-9-16-29-58)59-30-17-10-18-31-59;/h7-47H,1-6H3;/q-2;/i7D,11D,12D,23D,24D;. The fourth-order valence-corrected chi connectivity index (χ4v) is 16.2. The van der Waals surface area contributed by atoms with Crippen molar-refractivity contribution in [1.82, 2.24) is 19.1 Å². The van der Waals surface area contributed by atoms with Gasteiger partial charge in [0.15, 0.2) is 8.07 Å². The van der Waals surface area contributed by atoms with Crippen LogP contribution in [0.5, 0.6) is 11.5 Å². The van der Waals surface area contributed by atoms with Gasteiger partial charge in [-0.15, -0.1) is 17.5 Å². The molecular weight excluding hydrogens is 1190 g/mol. The van der Waals surface area contributed by atoms with Crippen LogP contribution in [-0.4, -0.2) is 27.2 Å². The first-order valence-corrected chi connectivity index (χ1v) is 29.0. The fraction of sp³-hybridized carbons (Fsp3) is 0.110. The molecule has 0 saturated carbocycles. The topological polar surface area (TPSA) is 48.8 Å². The average Bonchev–Trinajstić information content (AvgIpc) is 3.86. The molecule has 6 nitrogen and oxygen atoms in total. The Morgan fingerprint density at radius 2 is 1.16 bits per heavy atom. The predicted octanol–water partition coefficient (Wildman–Crippen LogP) is 14.3. The van der Waals surface area contributed by atoms with Crippen molar-refractivity contribution in [1.29, 1.82) is 0 Å². The minimum atomic E-state index is -2.96. The third-order valence-corrected chi connectivity index (χ3v) is 20.0. The van der Waals surface area contributed by atoms with E-state index in [9.17, 15) is 0 Å². The van der Waals surface area contributed by atoms with Gasteiger partial charge in [0.1, 0.15) is 5.82 Å². The van der Waals surface area contributed by atoms with Crippen LogP contribution in [0.15, 0.2) is 249 Å². The first-order chi connectivity index (χ1) is 41.0. The molecule has 4 heterocycles. The van der Waals surface area contributed by atoms with Crippen molar-refractivity contribution in [3.05, 3.63) is 278 Å². The molecule has 4 aromatic heterocycles. The molecule has 13 rings (SSSR count). The molecule has 9 aromatic carbocycles. The monoisotopic (exact) mass is 1250 g/mol. The maximum atomic E-state index is 9.06. The Kier molecular flexibility index (Phi) is 12.4. The van der Waals surface area contributed by atoms with Crippen molar-refractivity contribution in [2.45, 2.75) is 52.4 Å². The number of pyridine rings is 2. The summed E-state index contributed by atoms with van der Waals surface area (Å²) >= 11 is 0. The predicted molar refractivity (Wildman–Crippen MR) is 330 cm³/mol. The zero-order valence-corrected chi connectivity index (χ0v) is 49.0. The number of para-hydroxylation sites is 2. The van der Waals surface area contributed by atoms with Gasteiger partial charge in [-0.1, -0.05) is 247 Å². The second kappa shape index (κ2) is 21.4. The van der Waals surface area contributed by atoms with Crippen LogP contribution in [-0.2, 0) is 31.9 Å². The van der Waals surface area contributed by atoms with Gasteiger partial charge in [-0.2, -0.15) is 18.2 Å². The van der Waals surface area contributed by atoms with E-state index in [1.165, 1.54) is 20.7 Å². The number of hydrogen-bond acceptors (Lipinski definition) is 3. The molecule has 0 spiro atoms. The van der Waals surface area contributed by atoms with Gasteiger partial charge in [0, 0.05) is 38.5 Å². The quantitative estimate of drug-likeness (QED) is 0.0561. The molecule has 0 radical (unpaired) electrons. The molecule has 0 saturated heterocycles. The summed E-state index contributed by atoms with van der Waals surface area (Å²) in [5, 5.41) is 7.10. The summed E-state index contributed by atoms with van der Waals surface area (Å²) in [5.41, 5.74) is 8.26. The summed E-state index contributed by atoms with van der Waals surface area (Å²) in [6.07, 6.45) is 7.29. The molecule has 81 heavy (non-hydrogen) atoms. The smallest absolute Gasteiger partial charge is 0.269 e. The summed E-state index contributed by atoms with van der Waals surface area (Å²) < 4.78 is 56.6. The van der Waals surface area contributed by atoms with Gasteiger partial charge in [0.05, 0.1) is 29.4 Å². The van der Waals surface area contributed by atoms with Crippen LogP contribution in [0.2, 0.25) is 0 Å². The minimum Gasteiger partial charge on any atom is -0.522 e. The van der Waals surface area contributed by atoms with E-state index in [4.69, 9.17) is 21.6 Å². The normalized spacial score (nSPS) is 12.8. The molecule has 8 heteroatoms. The van der Waals surface area contributed by atoms with E-state index in [0.717, 1.165) is 61.1 Å². The van der Waals surface area contributed by atoms with E-state index in [1.54, 1.807) is 12.3 Å². The van der Waals surface area contributed by atoms with E-state index < -0.39 is 26.2 Å². The van der Waals surface area contributed by atoms with Crippen LogP contribution in [0, 0.1) is 18.5 Å². The Morgan fingerprint density at radius 3 is 1.85 bits per heavy atom. The maximum absolute atomic E-state index is 9.06. The van der Waals surface area contributed by atoms with Crippen molar-refractivity contribution >= 4 is 61.7 Å². The number of hydrogen-bond donors (Lipinski definition) is 0. The summed E-state index contributed by atoms with van der Waals surface area (Å²) in [6, 6.07) is 77.3. The first kappa shape index (κ1) is 47.1. The molecule has 0 unspecified atom stereocenters. The SMILES string of the molecule is [2H]c1c([2H])c([2H])c(-c2ccc3c(c2)n(-c2[c-]c(Oc4[c-]c5c(cc4)c4ccccc4n5-c4cc(C(C)(C)C)ccn4)ccn2)[c-][n+]3-c2c(-c3cccc([Si](c4ccccc4)(c4ccccc4)c4ccccc4)c3)cccc2C(C)(C)C)c([2H])c1[2H].[Pt]. The summed E-state index contributed by atoms with van der Waals surface area (Å²) in [5.74, 6) is 1.96. The van der Waals surface area contributed by atoms with Crippen LogP contribution in [0.25, 0.3) is 72.4 Å². The van der Waals surface area contributed by atoms with Crippen LogP contribution in [0.4, 0.5) is 0 Å². The molecule has 0 N–H and O–H groups in total. The third kappa shape index (κ3) is 9.64. The van der Waals surface area contributed by atoms with Crippen molar-refractivity contribution < 1.29 is 37.2 Å². The molecule has 0 fully saturated rings. The number of benzene rings is 9. The number of ether oxygens (including phenoxy) is 1. The fourth-order valence-electron chi connectivity index (χ4n) is 11.4. The van der Waals surface area contributed by atoms with Gasteiger partial charge in [-0.3, -0.25) is 14.1 Å². The van der Waals surface area contributed by atoms with Crippen LogP contribution < -0.4 is 30.1 Å². The zero-order valence-electron chi connectivity index (χ0n) is 50.7. The van der Waals surface area contributed by atoms with Crippen molar-refractivity contribution in [2.75, 3.05) is 0 Å². The molecule has 0 bridgehead atoms. The van der Waals surface area contributed by atoms with E-state index in [-0.39, 0.29) is 49.5 Å². The van der Waals surface area contributed by atoms with Gasteiger partial charge in [0.2, 0.25) is 0 Å². The summed E-state index contributed by atoms with van der Waals surface area (Å²) in [4.78, 5) is 9.80. The second-order valence-corrected chi connectivity index (χ2v) is 26.1. The molecule has 0 amide bonds. The molecule has 13 aromatic rings. The third-order valence-electron chi connectivity index (χ3n) is 15.2. The molecule has 0 aliphatic rings. The Hall–Kier alpha value is -8.74. The molecule has 0 atom stereocenters. The summed E-state index contributed by atoms with van der Waals surface area (Å²) in [6.45, 7) is 13.2. The number of imidazole rings is 1. The van der Waals surface area contributed by atoms with Crippen LogP contribution >= 0.6 is 0 Å². The minimum absolute atomic E-state index is 0. The van der Waals surface area contributed by atoms with Crippen molar-refractivity contribution in [2.24, 2.45) is 0 Å². The van der Waals surface area contributed by atoms with Gasteiger partial charge in [-0.25, -0.2) is 4.98 Å². The number of nitrogens with zero attached hydrogens (tertiary/aromatic N) is 5. The number of fused-ring (bicyclic) bond motifs is 4. The molecule has 0 aliphatic carbocycles. The molecule has 398 valence electrons. The van der Waals surface area contributed by atoms with Crippen LogP contribution in [0.1, 0.15) is 59.5 Å². The van der Waals surface area contributed by atoms with Crippen molar-refractivity contribution in [3.8, 4) is 51.1 Å². The Morgan fingerprint density at radius 1 is 0.519 bits per heavy atom. The van der Waals surface area contributed by atoms with Crippen LogP contribution in [0.3, 0.4) is 0 Å². The maximum Gasteiger partial charge on any atom is 0.269 e. The van der Waals surface area contributed by atoms with Gasteiger partial charge >= 0.3 is 0 Å². The van der Waals surface area contributed by atoms with Crippen molar-refractivity contribution in [3.63, 3.8) is 0 Å². The number of aromatic nitrogens is 5. The first-order valence-electron chi connectivity index (χ1n) is 29.5. The Labute approximate surface area is 497 Å². The van der Waals surface area contributed by atoms with E-state index >= 15 is 0 Å². The second-order valence-electron chi connectivity index (χ2n) is 22.3. The largest absolute Gasteiger partial charge is 0.522 e. The van der Waals surface area contributed by atoms with E-state index in [0.29, 0.717) is 28.4 Å². The molecular formula is C73H59N5OPtSi-2. The Balaban J connectivity index is 0.00000724. The number of rotatable bonds is 11. The Bertz CT molecular complexity index is 4610. The zero-order chi connectivity index (χ0) is 58.9. The van der Waals surface area contributed by atoms with Gasteiger partial charge in [-0.05, 0) is 100 Å².